The normalized spacial score (nSPS) is 21.9. The molecule has 0 bridgehead atoms. The number of aryl methyl sites for hydroxylation is 1. The highest BCUT2D eigenvalue weighted by atomic mass is 32.2. The number of carbonyl (C=O) groups is 4. The van der Waals surface area contributed by atoms with E-state index in [9.17, 15) is 29.4 Å². The molecule has 14 nitrogen and oxygen atoms in total. The number of tetrazole rings is 1. The fourth-order valence-electron chi connectivity index (χ4n) is 4.22. The summed E-state index contributed by atoms with van der Waals surface area (Å²) < 4.78 is 1.43. The minimum atomic E-state index is -1.24. The third-order valence-corrected chi connectivity index (χ3v) is 9.42. The Kier molecular flexibility index (Phi) is 7.94. The molecular formula is C25H23N7O7S2. The topological polar surface area (TPSA) is 189 Å². The van der Waals surface area contributed by atoms with Gasteiger partial charge in [-0.15, -0.1) is 16.9 Å². The number of carboxylic acid groups (broad SMARTS) is 1. The van der Waals surface area contributed by atoms with Crippen molar-refractivity contribution in [3.8, 4) is 5.75 Å². The summed E-state index contributed by atoms with van der Waals surface area (Å²) in [4.78, 5) is 57.6. The molecule has 2 saturated heterocycles. The molecule has 2 amide bonds. The number of nitrogens with one attached hydrogen (secondary N) is 1. The number of hydrogen-bond donors (Lipinski definition) is 3. The number of aromatic hydroxyl groups is 1. The standard InChI is InChI=1S/C25H23N7O7S2/c1-31-24(27-29-30-31)41-13-25(23(37)38)11-32-20(35)18(21(32)40-12-25)26-19(34)17(14-7-9-16(33)10-8-14)28-39-22(36)15-5-3-2-4-6-15/h2-10,18,21,33H,11-13H2,1H3,(H,26,34)(H,37,38)/t18?,21-,25?/m1/s1. The molecule has 3 heterocycles. The van der Waals surface area contributed by atoms with Gasteiger partial charge in [0, 0.05) is 30.7 Å². The van der Waals surface area contributed by atoms with Crippen LogP contribution in [-0.2, 0) is 26.3 Å². The Hall–Kier alpha value is -4.44. The van der Waals surface area contributed by atoms with Crippen molar-refractivity contribution in [1.29, 1.82) is 0 Å². The van der Waals surface area contributed by atoms with E-state index in [1.165, 1.54) is 69.5 Å². The number of carboxylic acids is 1. The fourth-order valence-corrected chi connectivity index (χ4v) is 6.93. The number of phenolic OH excluding ortho intramolecular Hbond substituents is 1. The number of rotatable bonds is 9. The fraction of sp³-hybridized carbons (Fsp3) is 0.280. The smallest absolute Gasteiger partial charge is 0.365 e. The Bertz CT molecular complexity index is 1520. The van der Waals surface area contributed by atoms with Gasteiger partial charge in [-0.05, 0) is 46.8 Å². The number of benzene rings is 2. The summed E-state index contributed by atoms with van der Waals surface area (Å²) in [6.07, 6.45) is 0. The lowest BCUT2D eigenvalue weighted by molar-refractivity contribution is -0.157. The van der Waals surface area contributed by atoms with Crippen LogP contribution in [0.4, 0.5) is 0 Å². The van der Waals surface area contributed by atoms with Gasteiger partial charge in [-0.25, -0.2) is 9.48 Å². The Morgan fingerprint density at radius 2 is 1.90 bits per heavy atom. The van der Waals surface area contributed by atoms with Crippen molar-refractivity contribution in [2.45, 2.75) is 16.6 Å². The summed E-state index contributed by atoms with van der Waals surface area (Å²) in [7, 11) is 1.64. The summed E-state index contributed by atoms with van der Waals surface area (Å²) in [5.41, 5.74) is -1.07. The van der Waals surface area contributed by atoms with E-state index in [-0.39, 0.29) is 40.6 Å². The van der Waals surface area contributed by atoms with Gasteiger partial charge >= 0.3 is 11.9 Å². The first kappa shape index (κ1) is 28.1. The molecule has 3 aromatic rings. The second-order valence-corrected chi connectivity index (χ2v) is 11.4. The minimum Gasteiger partial charge on any atom is -0.508 e. The Labute approximate surface area is 241 Å². The predicted molar refractivity (Wildman–Crippen MR) is 146 cm³/mol. The van der Waals surface area contributed by atoms with E-state index >= 15 is 0 Å². The van der Waals surface area contributed by atoms with E-state index in [2.05, 4.69) is 26.0 Å². The molecular weight excluding hydrogens is 574 g/mol. The number of fused-ring (bicyclic) bond motifs is 1. The van der Waals surface area contributed by atoms with Crippen molar-refractivity contribution in [1.82, 2.24) is 30.4 Å². The molecule has 0 radical (unpaired) electrons. The number of amides is 2. The summed E-state index contributed by atoms with van der Waals surface area (Å²) >= 11 is 2.43. The van der Waals surface area contributed by atoms with E-state index in [4.69, 9.17) is 4.84 Å². The highest BCUT2D eigenvalue weighted by Crippen LogP contribution is 2.44. The zero-order valence-corrected chi connectivity index (χ0v) is 23.0. The first-order valence-corrected chi connectivity index (χ1v) is 14.2. The van der Waals surface area contributed by atoms with Crippen molar-refractivity contribution in [2.24, 2.45) is 17.6 Å². The predicted octanol–water partition coefficient (Wildman–Crippen LogP) is 0.740. The molecule has 3 N–H and O–H groups in total. The molecule has 2 unspecified atom stereocenters. The van der Waals surface area contributed by atoms with Gasteiger partial charge in [0.1, 0.15) is 22.6 Å². The van der Waals surface area contributed by atoms with Crippen LogP contribution in [0.5, 0.6) is 5.75 Å². The van der Waals surface area contributed by atoms with Crippen LogP contribution < -0.4 is 5.32 Å². The highest BCUT2D eigenvalue weighted by molar-refractivity contribution is 8.00. The molecule has 5 rings (SSSR count). The quantitative estimate of drug-likeness (QED) is 0.103. The second-order valence-electron chi connectivity index (χ2n) is 9.31. The largest absolute Gasteiger partial charge is 0.508 e. The summed E-state index contributed by atoms with van der Waals surface area (Å²) in [5, 5.41) is 37.3. The van der Waals surface area contributed by atoms with E-state index < -0.39 is 40.6 Å². The van der Waals surface area contributed by atoms with Gasteiger partial charge in [0.15, 0.2) is 5.71 Å². The van der Waals surface area contributed by atoms with Crippen LogP contribution in [0.2, 0.25) is 0 Å². The number of nitrogens with zero attached hydrogens (tertiary/aromatic N) is 6. The molecule has 1 aromatic heterocycles. The van der Waals surface area contributed by atoms with Crippen LogP contribution in [0.1, 0.15) is 15.9 Å². The number of phenols is 1. The maximum atomic E-state index is 13.3. The average Bonchev–Trinajstić information content (AvgIpc) is 3.40. The molecule has 0 aliphatic carbocycles. The van der Waals surface area contributed by atoms with Crippen LogP contribution in [0.15, 0.2) is 64.9 Å². The van der Waals surface area contributed by atoms with Crippen molar-refractivity contribution >= 4 is 53.0 Å². The van der Waals surface area contributed by atoms with Gasteiger partial charge in [-0.2, -0.15) is 0 Å². The lowest BCUT2D eigenvalue weighted by Crippen LogP contribution is -2.74. The molecule has 0 spiro atoms. The lowest BCUT2D eigenvalue weighted by atomic mass is 9.89. The summed E-state index contributed by atoms with van der Waals surface area (Å²) in [5.74, 6) is -2.78. The van der Waals surface area contributed by atoms with Gasteiger partial charge in [0.05, 0.1) is 5.56 Å². The molecule has 2 aliphatic heterocycles. The van der Waals surface area contributed by atoms with Crippen LogP contribution in [0.25, 0.3) is 0 Å². The second kappa shape index (κ2) is 11.6. The maximum absolute atomic E-state index is 13.3. The van der Waals surface area contributed by atoms with Gasteiger partial charge in [-0.3, -0.25) is 14.4 Å². The third-order valence-electron chi connectivity index (χ3n) is 6.53. The monoisotopic (exact) mass is 597 g/mol. The molecule has 2 aromatic carbocycles. The molecule has 0 saturated carbocycles. The lowest BCUT2D eigenvalue weighted by Gasteiger charge is -2.53. The molecule has 212 valence electrons. The minimum absolute atomic E-state index is 0.0446. The van der Waals surface area contributed by atoms with Gasteiger partial charge in [-0.1, -0.05) is 35.1 Å². The van der Waals surface area contributed by atoms with Crippen LogP contribution in [0, 0.1) is 5.41 Å². The van der Waals surface area contributed by atoms with E-state index in [0.29, 0.717) is 5.16 Å². The molecule has 16 heteroatoms. The highest BCUT2D eigenvalue weighted by Gasteiger charge is 2.57. The number of carbonyl (C=O) groups excluding carboxylic acids is 3. The van der Waals surface area contributed by atoms with Crippen LogP contribution in [-0.4, -0.2) is 94.3 Å². The maximum Gasteiger partial charge on any atom is 0.365 e. The van der Waals surface area contributed by atoms with Crippen molar-refractivity contribution in [3.05, 3.63) is 65.7 Å². The van der Waals surface area contributed by atoms with Crippen LogP contribution in [0.3, 0.4) is 0 Å². The zero-order chi connectivity index (χ0) is 29.1. The molecule has 3 atom stereocenters. The molecule has 2 fully saturated rings. The Balaban J connectivity index is 1.29. The first-order chi connectivity index (χ1) is 19.7. The SMILES string of the molecule is Cn1nnnc1SCC1(C(=O)O)CS[C@@H]2C(NC(=O)C(=NOC(=O)c3ccccc3)c3ccc(O)cc3)C(=O)N2C1. The van der Waals surface area contributed by atoms with Crippen LogP contribution >= 0.6 is 23.5 Å². The van der Waals surface area contributed by atoms with Gasteiger partial charge in [0.25, 0.3) is 5.91 Å². The number of β-lactam (4-membered cyclic amide) rings is 1. The number of oxime groups is 1. The number of hydrogen-bond acceptors (Lipinski definition) is 12. The Morgan fingerprint density at radius 1 is 1.17 bits per heavy atom. The van der Waals surface area contributed by atoms with E-state index in [1.54, 1.807) is 25.2 Å². The van der Waals surface area contributed by atoms with Gasteiger partial charge < -0.3 is 25.3 Å². The number of thioether (sulfide) groups is 2. The van der Waals surface area contributed by atoms with Crippen molar-refractivity contribution in [3.63, 3.8) is 0 Å². The summed E-state index contributed by atoms with van der Waals surface area (Å²) in [6, 6.07) is 12.6. The zero-order valence-electron chi connectivity index (χ0n) is 21.4. The van der Waals surface area contributed by atoms with Gasteiger partial charge in [0.2, 0.25) is 11.1 Å². The number of aromatic nitrogens is 4. The molecule has 2 aliphatic rings. The third kappa shape index (κ3) is 5.74. The summed E-state index contributed by atoms with van der Waals surface area (Å²) in [6.45, 7) is -0.0446. The average molecular weight is 598 g/mol. The van der Waals surface area contributed by atoms with E-state index in [1.807, 2.05) is 0 Å². The van der Waals surface area contributed by atoms with Crippen molar-refractivity contribution < 1.29 is 34.2 Å². The first-order valence-electron chi connectivity index (χ1n) is 12.1. The van der Waals surface area contributed by atoms with E-state index in [0.717, 1.165) is 0 Å². The number of aliphatic carboxylic acids is 1. The molecule has 41 heavy (non-hydrogen) atoms. The van der Waals surface area contributed by atoms with Crippen molar-refractivity contribution in [2.75, 3.05) is 18.1 Å². The Morgan fingerprint density at radius 3 is 2.56 bits per heavy atom.